The van der Waals surface area contributed by atoms with Crippen LogP contribution in [0.1, 0.15) is 5.56 Å². The van der Waals surface area contributed by atoms with Crippen LogP contribution < -0.4 is 15.4 Å². The van der Waals surface area contributed by atoms with Gasteiger partial charge in [0.2, 0.25) is 0 Å². The number of benzene rings is 1. The molecule has 2 rings (SSSR count). The second-order valence-corrected chi connectivity index (χ2v) is 4.06. The Bertz CT molecular complexity index is 612. The molecule has 1 fully saturated rings. The molecule has 1 saturated heterocycles. The Morgan fingerprint density at radius 1 is 1.42 bits per heavy atom. The van der Waals surface area contributed by atoms with Crippen molar-refractivity contribution in [1.29, 1.82) is 0 Å². The van der Waals surface area contributed by atoms with E-state index in [0.29, 0.717) is 11.3 Å². The van der Waals surface area contributed by atoms with Crippen LogP contribution in [0.4, 0.5) is 5.69 Å². The molecule has 0 radical (unpaired) electrons. The molecule has 8 heteroatoms. The number of ether oxygens (including phenoxy) is 1. The first-order chi connectivity index (χ1) is 9.01. The van der Waals surface area contributed by atoms with Crippen LogP contribution in [0.5, 0.6) is 5.75 Å². The van der Waals surface area contributed by atoms with Gasteiger partial charge < -0.3 is 10.1 Å². The van der Waals surface area contributed by atoms with E-state index in [0.717, 1.165) is 0 Å². The molecule has 0 atom stereocenters. The SMILES string of the molecule is COc1ccc([N+](=O)[O-])cc1/C=C1/NC(=S)NC1=O. The summed E-state index contributed by atoms with van der Waals surface area (Å²) in [6.07, 6.45) is 1.44. The number of nitro groups is 1. The van der Waals surface area contributed by atoms with Gasteiger partial charge in [-0.25, -0.2) is 0 Å². The lowest BCUT2D eigenvalue weighted by Gasteiger charge is -2.05. The van der Waals surface area contributed by atoms with E-state index < -0.39 is 10.8 Å². The van der Waals surface area contributed by atoms with Crippen molar-refractivity contribution >= 4 is 35.0 Å². The Kier molecular flexibility index (Phi) is 3.43. The van der Waals surface area contributed by atoms with Crippen molar-refractivity contribution in [2.45, 2.75) is 0 Å². The van der Waals surface area contributed by atoms with Gasteiger partial charge in [-0.3, -0.25) is 20.2 Å². The molecule has 1 aromatic carbocycles. The predicted octanol–water partition coefficient (Wildman–Crippen LogP) is 0.949. The summed E-state index contributed by atoms with van der Waals surface area (Å²) in [6.45, 7) is 0. The summed E-state index contributed by atoms with van der Waals surface area (Å²) in [5.74, 6) is 0.0316. The van der Waals surface area contributed by atoms with E-state index in [1.165, 1.54) is 31.4 Å². The molecule has 1 heterocycles. The van der Waals surface area contributed by atoms with Crippen LogP contribution in [-0.4, -0.2) is 23.1 Å². The highest BCUT2D eigenvalue weighted by molar-refractivity contribution is 7.80. The van der Waals surface area contributed by atoms with Gasteiger partial charge in [0.1, 0.15) is 11.4 Å². The lowest BCUT2D eigenvalue weighted by molar-refractivity contribution is -0.384. The Balaban J connectivity index is 2.45. The normalized spacial score (nSPS) is 16.2. The molecule has 1 aromatic rings. The van der Waals surface area contributed by atoms with Crippen molar-refractivity contribution in [3.8, 4) is 5.75 Å². The summed E-state index contributed by atoms with van der Waals surface area (Å²) in [5, 5.41) is 16.0. The van der Waals surface area contributed by atoms with E-state index in [-0.39, 0.29) is 16.5 Å². The fourth-order valence-corrected chi connectivity index (χ4v) is 1.79. The molecular formula is C11H9N3O4S. The first-order valence-corrected chi connectivity index (χ1v) is 5.58. The molecule has 0 unspecified atom stereocenters. The monoisotopic (exact) mass is 279 g/mol. The fourth-order valence-electron chi connectivity index (χ4n) is 1.59. The second kappa shape index (κ2) is 5.02. The van der Waals surface area contributed by atoms with E-state index in [1.807, 2.05) is 0 Å². The van der Waals surface area contributed by atoms with Gasteiger partial charge in [0.25, 0.3) is 11.6 Å². The molecule has 0 aromatic heterocycles. The summed E-state index contributed by atoms with van der Waals surface area (Å²) in [7, 11) is 1.44. The number of carbonyl (C=O) groups excluding carboxylic acids is 1. The van der Waals surface area contributed by atoms with Crippen LogP contribution in [0.2, 0.25) is 0 Å². The molecule has 0 saturated carbocycles. The van der Waals surface area contributed by atoms with Gasteiger partial charge in [-0.15, -0.1) is 0 Å². The van der Waals surface area contributed by atoms with Crippen molar-refractivity contribution in [3.63, 3.8) is 0 Å². The van der Waals surface area contributed by atoms with Crippen molar-refractivity contribution in [2.24, 2.45) is 0 Å². The van der Waals surface area contributed by atoms with Crippen molar-refractivity contribution < 1.29 is 14.5 Å². The van der Waals surface area contributed by atoms with Crippen LogP contribution >= 0.6 is 12.2 Å². The zero-order chi connectivity index (χ0) is 14.0. The first kappa shape index (κ1) is 13.0. The molecular weight excluding hydrogens is 270 g/mol. The van der Waals surface area contributed by atoms with Crippen LogP contribution in [-0.2, 0) is 4.79 Å². The number of nitrogens with zero attached hydrogens (tertiary/aromatic N) is 1. The number of nitrogens with one attached hydrogen (secondary N) is 2. The highest BCUT2D eigenvalue weighted by Crippen LogP contribution is 2.26. The van der Waals surface area contributed by atoms with Crippen LogP contribution in [0.3, 0.4) is 0 Å². The Hall–Kier alpha value is -2.48. The Labute approximate surface area is 113 Å². The molecule has 0 aliphatic carbocycles. The molecule has 0 bridgehead atoms. The third-order valence-corrected chi connectivity index (χ3v) is 2.65. The molecule has 1 aliphatic rings. The van der Waals surface area contributed by atoms with Crippen molar-refractivity contribution in [1.82, 2.24) is 10.6 Å². The number of hydrogen-bond donors (Lipinski definition) is 2. The Morgan fingerprint density at radius 3 is 2.68 bits per heavy atom. The van der Waals surface area contributed by atoms with Gasteiger partial charge in [0.05, 0.1) is 12.0 Å². The maximum absolute atomic E-state index is 11.5. The third kappa shape index (κ3) is 2.68. The van der Waals surface area contributed by atoms with E-state index in [9.17, 15) is 14.9 Å². The number of hydrogen-bond acceptors (Lipinski definition) is 5. The molecule has 19 heavy (non-hydrogen) atoms. The predicted molar refractivity (Wildman–Crippen MR) is 71.5 cm³/mol. The highest BCUT2D eigenvalue weighted by Gasteiger charge is 2.21. The van der Waals surface area contributed by atoms with Gasteiger partial charge in [0.15, 0.2) is 5.11 Å². The second-order valence-electron chi connectivity index (χ2n) is 3.65. The maximum Gasteiger partial charge on any atom is 0.273 e. The number of nitro benzene ring substituents is 1. The number of carbonyl (C=O) groups is 1. The van der Waals surface area contributed by atoms with Crippen molar-refractivity contribution in [2.75, 3.05) is 7.11 Å². The molecule has 2 N–H and O–H groups in total. The van der Waals surface area contributed by atoms with Gasteiger partial charge >= 0.3 is 0 Å². The highest BCUT2D eigenvalue weighted by atomic mass is 32.1. The third-order valence-electron chi connectivity index (χ3n) is 2.44. The average molecular weight is 279 g/mol. The van der Waals surface area contributed by atoms with E-state index in [4.69, 9.17) is 17.0 Å². The summed E-state index contributed by atoms with van der Waals surface area (Å²) in [6, 6.07) is 4.12. The maximum atomic E-state index is 11.5. The molecule has 0 spiro atoms. The topological polar surface area (TPSA) is 93.5 Å². The smallest absolute Gasteiger partial charge is 0.273 e. The minimum absolute atomic E-state index is 0.0892. The number of thiocarbonyl (C=S) groups is 1. The average Bonchev–Trinajstić information content (AvgIpc) is 2.67. The zero-order valence-corrected chi connectivity index (χ0v) is 10.6. The number of amides is 1. The van der Waals surface area contributed by atoms with Crippen LogP contribution in [0.25, 0.3) is 6.08 Å². The molecule has 7 nitrogen and oxygen atoms in total. The largest absolute Gasteiger partial charge is 0.496 e. The summed E-state index contributed by atoms with van der Waals surface area (Å²) in [4.78, 5) is 21.7. The lowest BCUT2D eigenvalue weighted by atomic mass is 10.1. The Morgan fingerprint density at radius 2 is 2.16 bits per heavy atom. The van der Waals surface area contributed by atoms with Crippen LogP contribution in [0, 0.1) is 10.1 Å². The number of rotatable bonds is 3. The standard InChI is InChI=1S/C11H9N3O4S/c1-18-9-3-2-7(14(16)17)4-6(9)5-8-10(15)13-11(19)12-8/h2-5H,1H3,(H2,12,13,15,19)/b8-5+. The van der Waals surface area contributed by atoms with Gasteiger partial charge in [0, 0.05) is 17.7 Å². The van der Waals surface area contributed by atoms with Gasteiger partial charge in [-0.05, 0) is 24.4 Å². The number of non-ortho nitro benzene ring substituents is 1. The quantitative estimate of drug-likeness (QED) is 0.370. The van der Waals surface area contributed by atoms with E-state index >= 15 is 0 Å². The summed E-state index contributed by atoms with van der Waals surface area (Å²) >= 11 is 4.79. The minimum Gasteiger partial charge on any atom is -0.496 e. The molecule has 1 amide bonds. The van der Waals surface area contributed by atoms with Crippen LogP contribution in [0.15, 0.2) is 23.9 Å². The number of methoxy groups -OCH3 is 1. The molecule has 98 valence electrons. The first-order valence-electron chi connectivity index (χ1n) is 5.17. The van der Waals surface area contributed by atoms with Gasteiger partial charge in [-0.2, -0.15) is 0 Å². The van der Waals surface area contributed by atoms with E-state index in [2.05, 4.69) is 10.6 Å². The zero-order valence-electron chi connectivity index (χ0n) is 9.80. The lowest BCUT2D eigenvalue weighted by Crippen LogP contribution is -2.21. The van der Waals surface area contributed by atoms with Crippen molar-refractivity contribution in [3.05, 3.63) is 39.6 Å². The fraction of sp³-hybridized carbons (Fsp3) is 0.0909. The minimum atomic E-state index is -0.520. The summed E-state index contributed by atoms with van der Waals surface area (Å²) < 4.78 is 5.09. The molecule has 1 aliphatic heterocycles. The van der Waals surface area contributed by atoms with E-state index in [1.54, 1.807) is 0 Å². The summed E-state index contributed by atoms with van der Waals surface area (Å²) in [5.41, 5.74) is 0.538. The van der Waals surface area contributed by atoms with Gasteiger partial charge in [-0.1, -0.05) is 0 Å².